The predicted molar refractivity (Wildman–Crippen MR) is 126 cm³/mol. The first kappa shape index (κ1) is 22.1. The highest BCUT2D eigenvalue weighted by Gasteiger charge is 2.39. The second kappa shape index (κ2) is 8.77. The smallest absolute Gasteiger partial charge is 0.227 e. The molecule has 1 saturated heterocycles. The molecular weight excluding hydrogens is 400 g/mol. The summed E-state index contributed by atoms with van der Waals surface area (Å²) in [6, 6.07) is 12.4. The molecule has 1 aromatic carbocycles. The summed E-state index contributed by atoms with van der Waals surface area (Å²) in [4.78, 5) is 32.0. The Bertz CT molecular complexity index is 1150. The molecule has 1 aliphatic rings. The first-order chi connectivity index (χ1) is 15.3. The molecule has 2 amide bonds. The van der Waals surface area contributed by atoms with E-state index in [0.29, 0.717) is 6.54 Å². The van der Waals surface area contributed by atoms with Crippen LogP contribution in [0, 0.1) is 24.7 Å². The third-order valence-corrected chi connectivity index (χ3v) is 6.84. The highest BCUT2D eigenvalue weighted by Crippen LogP contribution is 2.36. The van der Waals surface area contributed by atoms with Gasteiger partial charge in [0.1, 0.15) is 5.82 Å². The number of rotatable bonds is 6. The minimum absolute atomic E-state index is 0.0199. The van der Waals surface area contributed by atoms with Crippen LogP contribution in [0.1, 0.15) is 50.8 Å². The van der Waals surface area contributed by atoms with Crippen LogP contribution in [-0.4, -0.2) is 32.8 Å². The Morgan fingerprint density at radius 3 is 2.62 bits per heavy atom. The number of primary amides is 1. The van der Waals surface area contributed by atoms with E-state index in [1.807, 2.05) is 43.1 Å². The standard InChI is InChI=1S/C26H32N4O2/c1-16(2)24(18(4)25(27)31)26(32)29-13-7-10-21(29)19-11-12-28-23(14-19)30-15-17(3)20-8-5-6-9-22(20)30/h5-6,8-9,11-12,14-16,18,21,24H,7,10,13H2,1-4H3,(H2,27,31)/t18?,21-,24-/m0/s1. The molecule has 0 aliphatic carbocycles. The van der Waals surface area contributed by atoms with Crippen LogP contribution < -0.4 is 5.73 Å². The molecule has 0 radical (unpaired) electrons. The van der Waals surface area contributed by atoms with Crippen molar-refractivity contribution >= 4 is 22.7 Å². The Hall–Kier alpha value is -3.15. The van der Waals surface area contributed by atoms with Crippen molar-refractivity contribution in [2.45, 2.75) is 46.6 Å². The molecule has 6 heteroatoms. The number of nitrogens with zero attached hydrogens (tertiary/aromatic N) is 3. The molecule has 1 unspecified atom stereocenters. The number of carbonyl (C=O) groups excluding carboxylic acids is 2. The van der Waals surface area contributed by atoms with E-state index in [1.165, 1.54) is 10.9 Å². The van der Waals surface area contributed by atoms with E-state index >= 15 is 0 Å². The zero-order chi connectivity index (χ0) is 23.0. The molecule has 32 heavy (non-hydrogen) atoms. The molecule has 2 N–H and O–H groups in total. The molecule has 3 heterocycles. The molecule has 0 bridgehead atoms. The van der Waals surface area contributed by atoms with E-state index in [1.54, 1.807) is 6.92 Å². The highest BCUT2D eigenvalue weighted by molar-refractivity contribution is 5.87. The van der Waals surface area contributed by atoms with Gasteiger partial charge in [-0.3, -0.25) is 9.59 Å². The van der Waals surface area contributed by atoms with E-state index in [4.69, 9.17) is 5.73 Å². The number of para-hydroxylation sites is 1. The molecule has 1 aliphatic heterocycles. The third kappa shape index (κ3) is 3.90. The van der Waals surface area contributed by atoms with Crippen molar-refractivity contribution in [2.24, 2.45) is 23.5 Å². The largest absolute Gasteiger partial charge is 0.369 e. The van der Waals surface area contributed by atoms with Crippen LogP contribution in [0.4, 0.5) is 0 Å². The van der Waals surface area contributed by atoms with Gasteiger partial charge in [-0.05, 0) is 55.0 Å². The molecule has 2 aromatic heterocycles. The van der Waals surface area contributed by atoms with Crippen LogP contribution in [0.15, 0.2) is 48.8 Å². The molecule has 0 saturated carbocycles. The topological polar surface area (TPSA) is 81.2 Å². The van der Waals surface area contributed by atoms with Gasteiger partial charge in [0.05, 0.1) is 17.5 Å². The Morgan fingerprint density at radius 1 is 1.16 bits per heavy atom. The summed E-state index contributed by atoms with van der Waals surface area (Å²) in [5.74, 6) is -0.426. The monoisotopic (exact) mass is 432 g/mol. The van der Waals surface area contributed by atoms with Crippen LogP contribution in [0.3, 0.4) is 0 Å². The molecule has 6 nitrogen and oxygen atoms in total. The molecule has 168 valence electrons. The van der Waals surface area contributed by atoms with Gasteiger partial charge in [0.15, 0.2) is 0 Å². The third-order valence-electron chi connectivity index (χ3n) is 6.84. The number of aryl methyl sites for hydroxylation is 1. The van der Waals surface area contributed by atoms with Crippen LogP contribution in [0.25, 0.3) is 16.7 Å². The van der Waals surface area contributed by atoms with Crippen LogP contribution >= 0.6 is 0 Å². The number of carbonyl (C=O) groups is 2. The summed E-state index contributed by atoms with van der Waals surface area (Å²) in [6.45, 7) is 8.53. The normalized spacial score (nSPS) is 18.3. The average molecular weight is 433 g/mol. The van der Waals surface area contributed by atoms with E-state index in [2.05, 4.69) is 40.9 Å². The number of benzene rings is 1. The Kier molecular flexibility index (Phi) is 6.04. The molecule has 0 spiro atoms. The quantitative estimate of drug-likeness (QED) is 0.627. The van der Waals surface area contributed by atoms with Gasteiger partial charge in [-0.25, -0.2) is 4.98 Å². The van der Waals surface area contributed by atoms with Crippen LogP contribution in [0.2, 0.25) is 0 Å². The zero-order valence-electron chi connectivity index (χ0n) is 19.3. The summed E-state index contributed by atoms with van der Waals surface area (Å²) in [7, 11) is 0. The molecule has 4 rings (SSSR count). The maximum atomic E-state index is 13.5. The first-order valence-electron chi connectivity index (χ1n) is 11.4. The summed E-state index contributed by atoms with van der Waals surface area (Å²) in [6.07, 6.45) is 5.77. The minimum Gasteiger partial charge on any atom is -0.369 e. The van der Waals surface area contributed by atoms with Gasteiger partial charge in [-0.1, -0.05) is 39.0 Å². The number of pyridine rings is 1. The van der Waals surface area contributed by atoms with Gasteiger partial charge >= 0.3 is 0 Å². The average Bonchev–Trinajstić information content (AvgIpc) is 3.39. The lowest BCUT2D eigenvalue weighted by atomic mass is 9.82. The second-order valence-corrected chi connectivity index (χ2v) is 9.30. The van der Waals surface area contributed by atoms with Crippen molar-refractivity contribution in [1.82, 2.24) is 14.5 Å². The maximum Gasteiger partial charge on any atom is 0.227 e. The van der Waals surface area contributed by atoms with Gasteiger partial charge in [0.2, 0.25) is 11.8 Å². The van der Waals surface area contributed by atoms with Crippen molar-refractivity contribution in [3.63, 3.8) is 0 Å². The van der Waals surface area contributed by atoms with Gasteiger partial charge in [0, 0.05) is 30.2 Å². The fraction of sp³-hybridized carbons (Fsp3) is 0.423. The highest BCUT2D eigenvalue weighted by atomic mass is 16.2. The number of amides is 2. The SMILES string of the molecule is Cc1cn(-c2cc([C@@H]3CCCN3C(=O)[C@@H](C(C)C)C(C)C(N)=O)ccn2)c2ccccc12. The Balaban J connectivity index is 1.68. The lowest BCUT2D eigenvalue weighted by Gasteiger charge is -2.33. The first-order valence-corrected chi connectivity index (χ1v) is 11.4. The Labute approximate surface area is 189 Å². The fourth-order valence-electron chi connectivity index (χ4n) is 5.13. The minimum atomic E-state index is -0.494. The molecule has 1 fully saturated rings. The lowest BCUT2D eigenvalue weighted by molar-refractivity contribution is -0.143. The fourth-order valence-corrected chi connectivity index (χ4v) is 5.13. The molecule has 3 aromatic rings. The van der Waals surface area contributed by atoms with Crippen LogP contribution in [-0.2, 0) is 9.59 Å². The van der Waals surface area contributed by atoms with Gasteiger partial charge in [-0.15, -0.1) is 0 Å². The van der Waals surface area contributed by atoms with Crippen LogP contribution in [0.5, 0.6) is 0 Å². The van der Waals surface area contributed by atoms with Gasteiger partial charge in [0.25, 0.3) is 0 Å². The van der Waals surface area contributed by atoms with E-state index in [-0.39, 0.29) is 17.9 Å². The van der Waals surface area contributed by atoms with E-state index in [0.717, 1.165) is 29.7 Å². The Morgan fingerprint density at radius 2 is 1.91 bits per heavy atom. The molecular formula is C26H32N4O2. The van der Waals surface area contributed by atoms with E-state index in [9.17, 15) is 9.59 Å². The number of fused-ring (bicyclic) bond motifs is 1. The number of likely N-dealkylation sites (tertiary alicyclic amines) is 1. The zero-order valence-corrected chi connectivity index (χ0v) is 19.3. The number of nitrogens with two attached hydrogens (primary N) is 1. The van der Waals surface area contributed by atoms with Crippen molar-refractivity contribution < 1.29 is 9.59 Å². The van der Waals surface area contributed by atoms with Crippen molar-refractivity contribution in [1.29, 1.82) is 0 Å². The summed E-state index contributed by atoms with van der Waals surface area (Å²) >= 11 is 0. The van der Waals surface area contributed by atoms with Crippen molar-refractivity contribution in [3.05, 3.63) is 59.9 Å². The lowest BCUT2D eigenvalue weighted by Crippen LogP contribution is -2.43. The number of hydrogen-bond donors (Lipinski definition) is 1. The summed E-state index contributed by atoms with van der Waals surface area (Å²) in [5.41, 5.74) is 8.96. The number of aromatic nitrogens is 2. The number of hydrogen-bond acceptors (Lipinski definition) is 3. The maximum absolute atomic E-state index is 13.5. The second-order valence-electron chi connectivity index (χ2n) is 9.30. The van der Waals surface area contributed by atoms with Gasteiger partial charge in [-0.2, -0.15) is 0 Å². The van der Waals surface area contributed by atoms with E-state index < -0.39 is 17.7 Å². The predicted octanol–water partition coefficient (Wildman–Crippen LogP) is 4.39. The van der Waals surface area contributed by atoms with Crippen molar-refractivity contribution in [2.75, 3.05) is 6.54 Å². The van der Waals surface area contributed by atoms with Gasteiger partial charge < -0.3 is 15.2 Å². The molecule has 3 atom stereocenters. The summed E-state index contributed by atoms with van der Waals surface area (Å²) < 4.78 is 2.11. The summed E-state index contributed by atoms with van der Waals surface area (Å²) in [5, 5.41) is 1.21. The van der Waals surface area contributed by atoms with Crippen molar-refractivity contribution in [3.8, 4) is 5.82 Å².